The number of carbonyl (C=O) groups excluding carboxylic acids is 2. The number of nitrogens with zero attached hydrogens (tertiary/aromatic N) is 4. The zero-order valence-corrected chi connectivity index (χ0v) is 17.2. The lowest BCUT2D eigenvalue weighted by Crippen LogP contribution is -2.35. The summed E-state index contributed by atoms with van der Waals surface area (Å²) in [6.07, 6.45) is 4.01. The monoisotopic (exact) mass is 407 g/mol. The number of carbonyl (C=O) groups is 2. The van der Waals surface area contributed by atoms with Crippen molar-refractivity contribution in [2.24, 2.45) is 0 Å². The van der Waals surface area contributed by atoms with Crippen LogP contribution in [0.4, 0.5) is 5.82 Å². The zero-order valence-electron chi connectivity index (χ0n) is 17.2. The van der Waals surface area contributed by atoms with Crippen LogP contribution >= 0.6 is 0 Å². The van der Waals surface area contributed by atoms with Crippen molar-refractivity contribution >= 4 is 17.6 Å². The first-order valence-electron chi connectivity index (χ1n) is 10.2. The predicted molar refractivity (Wildman–Crippen MR) is 112 cm³/mol. The molecule has 8 nitrogen and oxygen atoms in total. The molecule has 0 unspecified atom stereocenters. The maximum Gasteiger partial charge on any atom is 0.274 e. The number of aryl methyl sites for hydroxylation is 1. The number of fused-ring (bicyclic) bond motifs is 1. The van der Waals surface area contributed by atoms with Gasteiger partial charge in [0.15, 0.2) is 5.82 Å². The van der Waals surface area contributed by atoms with Crippen LogP contribution in [0, 0.1) is 6.92 Å². The third kappa shape index (κ3) is 4.12. The number of hydrogen-bond acceptors (Lipinski definition) is 5. The number of likely N-dealkylation sites (N-methyl/N-ethyl adjacent to an activating group) is 1. The van der Waals surface area contributed by atoms with Crippen LogP contribution in [0.5, 0.6) is 0 Å². The van der Waals surface area contributed by atoms with Crippen molar-refractivity contribution in [1.29, 1.82) is 0 Å². The minimum absolute atomic E-state index is 0.0995. The SMILES string of the molecule is Cc1cc(NC(=O)CN(C)C(=O)c2nc(-c3ccccc3)n3c2CCCCC3)no1. The summed E-state index contributed by atoms with van der Waals surface area (Å²) in [5.74, 6) is 1.15. The van der Waals surface area contributed by atoms with Gasteiger partial charge in [-0.15, -0.1) is 0 Å². The molecular weight excluding hydrogens is 382 g/mol. The van der Waals surface area contributed by atoms with Crippen LogP contribution in [-0.4, -0.2) is 45.0 Å². The molecular formula is C22H25N5O3. The van der Waals surface area contributed by atoms with Gasteiger partial charge >= 0.3 is 0 Å². The van der Waals surface area contributed by atoms with Gasteiger partial charge in [0.2, 0.25) is 5.91 Å². The highest BCUT2D eigenvalue weighted by Crippen LogP contribution is 2.27. The van der Waals surface area contributed by atoms with E-state index in [4.69, 9.17) is 9.51 Å². The Balaban J connectivity index is 1.57. The molecule has 2 aromatic heterocycles. The lowest BCUT2D eigenvalue weighted by molar-refractivity contribution is -0.116. The molecule has 3 aromatic rings. The van der Waals surface area contributed by atoms with E-state index >= 15 is 0 Å². The molecule has 156 valence electrons. The molecule has 1 aliphatic heterocycles. The first kappa shape index (κ1) is 19.9. The number of aromatic nitrogens is 3. The summed E-state index contributed by atoms with van der Waals surface area (Å²) in [6.45, 7) is 2.49. The summed E-state index contributed by atoms with van der Waals surface area (Å²) in [4.78, 5) is 31.7. The molecule has 0 spiro atoms. The van der Waals surface area contributed by atoms with Gasteiger partial charge in [0.1, 0.15) is 17.3 Å². The van der Waals surface area contributed by atoms with Crippen molar-refractivity contribution in [2.75, 3.05) is 18.9 Å². The summed E-state index contributed by atoms with van der Waals surface area (Å²) < 4.78 is 7.12. The van der Waals surface area contributed by atoms with Crippen molar-refractivity contribution in [1.82, 2.24) is 19.6 Å². The van der Waals surface area contributed by atoms with E-state index < -0.39 is 0 Å². The second kappa shape index (κ2) is 8.52. The Morgan fingerprint density at radius 1 is 1.20 bits per heavy atom. The van der Waals surface area contributed by atoms with Gasteiger partial charge in [-0.1, -0.05) is 41.9 Å². The standard InChI is InChI=1S/C22H25N5O3/c1-15-13-18(25-30-15)23-19(28)14-26(2)22(29)20-17-11-7-4-8-12-27(17)21(24-20)16-9-5-3-6-10-16/h3,5-6,9-10,13H,4,7-8,11-12,14H2,1-2H3,(H,23,25,28). The summed E-state index contributed by atoms with van der Waals surface area (Å²) in [5, 5.41) is 6.39. The Bertz CT molecular complexity index is 1050. The van der Waals surface area contributed by atoms with E-state index in [2.05, 4.69) is 15.0 Å². The molecule has 8 heteroatoms. The average molecular weight is 407 g/mol. The van der Waals surface area contributed by atoms with Gasteiger partial charge < -0.3 is 19.3 Å². The van der Waals surface area contributed by atoms with E-state index in [1.807, 2.05) is 30.3 Å². The van der Waals surface area contributed by atoms with E-state index in [1.54, 1.807) is 20.0 Å². The van der Waals surface area contributed by atoms with Crippen LogP contribution in [0.2, 0.25) is 0 Å². The Labute approximate surface area is 174 Å². The summed E-state index contributed by atoms with van der Waals surface area (Å²) in [6, 6.07) is 11.5. The summed E-state index contributed by atoms with van der Waals surface area (Å²) in [5.41, 5.74) is 2.38. The number of nitrogens with one attached hydrogen (secondary N) is 1. The fourth-order valence-corrected chi connectivity index (χ4v) is 3.77. The van der Waals surface area contributed by atoms with Crippen molar-refractivity contribution in [3.63, 3.8) is 0 Å². The third-order valence-electron chi connectivity index (χ3n) is 5.23. The van der Waals surface area contributed by atoms with Crippen LogP contribution in [0.15, 0.2) is 40.9 Å². The highest BCUT2D eigenvalue weighted by Gasteiger charge is 2.27. The van der Waals surface area contributed by atoms with Gasteiger partial charge in [-0.3, -0.25) is 9.59 Å². The Morgan fingerprint density at radius 2 is 2.00 bits per heavy atom. The second-order valence-electron chi connectivity index (χ2n) is 7.59. The van der Waals surface area contributed by atoms with E-state index in [9.17, 15) is 9.59 Å². The van der Waals surface area contributed by atoms with Crippen LogP contribution in [-0.2, 0) is 17.8 Å². The average Bonchev–Trinajstić information content (AvgIpc) is 3.22. The van der Waals surface area contributed by atoms with Gasteiger partial charge in [0.25, 0.3) is 5.91 Å². The molecule has 0 saturated heterocycles. The largest absolute Gasteiger partial charge is 0.360 e. The third-order valence-corrected chi connectivity index (χ3v) is 5.23. The highest BCUT2D eigenvalue weighted by atomic mass is 16.5. The molecule has 1 N–H and O–H groups in total. The number of rotatable bonds is 5. The quantitative estimate of drug-likeness (QED) is 0.701. The zero-order chi connectivity index (χ0) is 21.1. The second-order valence-corrected chi connectivity index (χ2v) is 7.59. The Kier molecular flexibility index (Phi) is 5.65. The van der Waals surface area contributed by atoms with E-state index in [-0.39, 0.29) is 18.4 Å². The fourth-order valence-electron chi connectivity index (χ4n) is 3.77. The van der Waals surface area contributed by atoms with Crippen molar-refractivity contribution < 1.29 is 14.1 Å². The summed E-state index contributed by atoms with van der Waals surface area (Å²) >= 11 is 0. The van der Waals surface area contributed by atoms with Crippen molar-refractivity contribution in [3.05, 3.63) is 53.5 Å². The molecule has 1 aliphatic rings. The first-order valence-corrected chi connectivity index (χ1v) is 10.2. The number of benzene rings is 1. The molecule has 0 bridgehead atoms. The van der Waals surface area contributed by atoms with Crippen LogP contribution in [0.25, 0.3) is 11.4 Å². The van der Waals surface area contributed by atoms with E-state index in [0.29, 0.717) is 17.3 Å². The molecule has 0 atom stereocenters. The molecule has 0 fully saturated rings. The first-order chi connectivity index (χ1) is 14.5. The fraction of sp³-hybridized carbons (Fsp3) is 0.364. The molecule has 30 heavy (non-hydrogen) atoms. The maximum atomic E-state index is 13.2. The molecule has 2 amide bonds. The van der Waals surface area contributed by atoms with Gasteiger partial charge in [-0.2, -0.15) is 0 Å². The topological polar surface area (TPSA) is 93.3 Å². The number of amides is 2. The van der Waals surface area contributed by atoms with Crippen LogP contribution in [0.1, 0.15) is 41.2 Å². The molecule has 1 aromatic carbocycles. The molecule has 4 rings (SSSR count). The van der Waals surface area contributed by atoms with Crippen LogP contribution < -0.4 is 5.32 Å². The smallest absolute Gasteiger partial charge is 0.274 e. The lowest BCUT2D eigenvalue weighted by atomic mass is 10.1. The number of anilines is 1. The molecule has 0 aliphatic carbocycles. The predicted octanol–water partition coefficient (Wildman–Crippen LogP) is 3.28. The van der Waals surface area contributed by atoms with Crippen LogP contribution in [0.3, 0.4) is 0 Å². The van der Waals surface area contributed by atoms with E-state index in [0.717, 1.165) is 49.3 Å². The number of hydrogen-bond donors (Lipinski definition) is 1. The molecule has 0 saturated carbocycles. The van der Waals surface area contributed by atoms with Gasteiger partial charge in [0.05, 0.1) is 12.2 Å². The highest BCUT2D eigenvalue weighted by molar-refractivity contribution is 5.99. The van der Waals surface area contributed by atoms with Gasteiger partial charge in [-0.05, 0) is 26.2 Å². The molecule has 0 radical (unpaired) electrons. The number of imidazole rings is 1. The minimum atomic E-state index is -0.340. The Morgan fingerprint density at radius 3 is 2.73 bits per heavy atom. The minimum Gasteiger partial charge on any atom is -0.360 e. The van der Waals surface area contributed by atoms with Gasteiger partial charge in [0, 0.05) is 25.2 Å². The Hall–Kier alpha value is -3.42. The van der Waals surface area contributed by atoms with E-state index in [1.165, 1.54) is 4.90 Å². The molecule has 3 heterocycles. The lowest BCUT2D eigenvalue weighted by Gasteiger charge is -2.16. The normalized spacial score (nSPS) is 13.4. The van der Waals surface area contributed by atoms with Gasteiger partial charge in [-0.25, -0.2) is 4.98 Å². The summed E-state index contributed by atoms with van der Waals surface area (Å²) in [7, 11) is 1.61. The maximum absolute atomic E-state index is 13.2. The van der Waals surface area contributed by atoms with Crippen molar-refractivity contribution in [3.8, 4) is 11.4 Å². The van der Waals surface area contributed by atoms with Crippen molar-refractivity contribution in [2.45, 2.75) is 39.2 Å².